The molecule has 1 N–H and O–H groups in total. The van der Waals surface area contributed by atoms with Gasteiger partial charge in [-0.05, 0) is 38.0 Å². The van der Waals surface area contributed by atoms with Crippen molar-refractivity contribution in [2.24, 2.45) is 5.41 Å². The first kappa shape index (κ1) is 22.4. The maximum absolute atomic E-state index is 12.5. The summed E-state index contributed by atoms with van der Waals surface area (Å²) in [5, 5.41) is 7.06. The normalized spacial score (nSPS) is 15.0. The molecular weight excluding hydrogens is 420 g/mol. The molecule has 3 amide bonds. The molecule has 1 fully saturated rings. The number of carbonyl (C=O) groups excluding carboxylic acids is 2. The van der Waals surface area contributed by atoms with Crippen LogP contribution in [0, 0.1) is 12.3 Å². The Balaban J connectivity index is 1.44. The Bertz CT molecular complexity index is 1190. The van der Waals surface area contributed by atoms with Crippen LogP contribution in [-0.2, 0) is 11.3 Å². The molecule has 0 aliphatic carbocycles. The molecular formula is C24H28N6O3. The SMILES string of the molecule is CCCn1cc(-c2cc(Oc3ccc(NC(=O)N4CCC(C)(C)C4=O)nc3C)ccn2)cn1. The van der Waals surface area contributed by atoms with Crippen LogP contribution in [0.3, 0.4) is 0 Å². The van der Waals surface area contributed by atoms with Gasteiger partial charge < -0.3 is 4.74 Å². The third kappa shape index (κ3) is 4.87. The minimum Gasteiger partial charge on any atom is -0.455 e. The molecule has 172 valence electrons. The zero-order chi connectivity index (χ0) is 23.6. The Labute approximate surface area is 192 Å². The number of anilines is 1. The minimum absolute atomic E-state index is 0.176. The Hall–Kier alpha value is -3.75. The summed E-state index contributed by atoms with van der Waals surface area (Å²) in [6.07, 6.45) is 7.09. The van der Waals surface area contributed by atoms with Crippen LogP contribution in [0.5, 0.6) is 11.5 Å². The molecule has 9 heteroatoms. The molecule has 3 aromatic rings. The van der Waals surface area contributed by atoms with Crippen molar-refractivity contribution in [3.8, 4) is 22.8 Å². The van der Waals surface area contributed by atoms with E-state index in [0.29, 0.717) is 36.0 Å². The van der Waals surface area contributed by atoms with Gasteiger partial charge in [0.15, 0.2) is 0 Å². The molecule has 4 heterocycles. The first-order chi connectivity index (χ1) is 15.8. The lowest BCUT2D eigenvalue weighted by molar-refractivity contribution is -0.131. The predicted octanol–water partition coefficient (Wildman–Crippen LogP) is 4.64. The smallest absolute Gasteiger partial charge is 0.329 e. The number of hydrogen-bond acceptors (Lipinski definition) is 6. The van der Waals surface area contributed by atoms with E-state index in [1.807, 2.05) is 30.8 Å². The van der Waals surface area contributed by atoms with E-state index in [4.69, 9.17) is 4.74 Å². The number of ether oxygens (including phenoxy) is 1. The van der Waals surface area contributed by atoms with Gasteiger partial charge in [0.2, 0.25) is 5.91 Å². The monoisotopic (exact) mass is 448 g/mol. The number of aromatic nitrogens is 4. The highest BCUT2D eigenvalue weighted by atomic mass is 16.5. The molecule has 0 radical (unpaired) electrons. The molecule has 1 aliphatic heterocycles. The Morgan fingerprint density at radius 3 is 2.79 bits per heavy atom. The number of nitrogens with zero attached hydrogens (tertiary/aromatic N) is 5. The van der Waals surface area contributed by atoms with Gasteiger partial charge in [-0.25, -0.2) is 9.78 Å². The largest absolute Gasteiger partial charge is 0.455 e. The van der Waals surface area contributed by atoms with E-state index in [-0.39, 0.29) is 5.91 Å². The molecule has 1 aliphatic rings. The lowest BCUT2D eigenvalue weighted by Gasteiger charge is -2.18. The van der Waals surface area contributed by atoms with Crippen LogP contribution in [0.25, 0.3) is 11.3 Å². The van der Waals surface area contributed by atoms with Gasteiger partial charge in [-0.1, -0.05) is 20.8 Å². The number of urea groups is 1. The summed E-state index contributed by atoms with van der Waals surface area (Å²) in [5.74, 6) is 1.37. The number of aryl methyl sites for hydroxylation is 2. The van der Waals surface area contributed by atoms with Crippen LogP contribution in [-0.4, -0.2) is 43.1 Å². The second-order valence-electron chi connectivity index (χ2n) is 8.77. The van der Waals surface area contributed by atoms with Crippen molar-refractivity contribution in [1.82, 2.24) is 24.6 Å². The molecule has 0 spiro atoms. The number of rotatable bonds is 6. The average Bonchev–Trinajstić information content (AvgIpc) is 3.35. The van der Waals surface area contributed by atoms with E-state index in [1.54, 1.807) is 37.5 Å². The predicted molar refractivity (Wildman–Crippen MR) is 124 cm³/mol. The molecule has 0 bridgehead atoms. The topological polar surface area (TPSA) is 102 Å². The number of amides is 3. The van der Waals surface area contributed by atoms with Crippen LogP contribution in [0.4, 0.5) is 10.6 Å². The molecule has 0 aromatic carbocycles. The van der Waals surface area contributed by atoms with E-state index in [0.717, 1.165) is 24.2 Å². The highest BCUT2D eigenvalue weighted by Crippen LogP contribution is 2.31. The fourth-order valence-corrected chi connectivity index (χ4v) is 3.67. The van der Waals surface area contributed by atoms with Gasteiger partial charge in [0, 0.05) is 42.5 Å². The number of likely N-dealkylation sites (tertiary alicyclic amines) is 1. The van der Waals surface area contributed by atoms with E-state index in [1.165, 1.54) is 4.90 Å². The fraction of sp³-hybridized carbons (Fsp3) is 0.375. The Morgan fingerprint density at radius 1 is 1.27 bits per heavy atom. The molecule has 1 saturated heterocycles. The maximum atomic E-state index is 12.5. The Morgan fingerprint density at radius 2 is 2.09 bits per heavy atom. The highest BCUT2D eigenvalue weighted by molar-refractivity contribution is 6.03. The minimum atomic E-state index is -0.517. The van der Waals surface area contributed by atoms with Crippen LogP contribution >= 0.6 is 0 Å². The first-order valence-corrected chi connectivity index (χ1v) is 11.0. The van der Waals surface area contributed by atoms with Gasteiger partial charge >= 0.3 is 6.03 Å². The van der Waals surface area contributed by atoms with Crippen LogP contribution in [0.1, 0.15) is 39.3 Å². The Kier molecular flexibility index (Phi) is 6.13. The molecule has 0 saturated carbocycles. The van der Waals surface area contributed by atoms with Gasteiger partial charge in [0.25, 0.3) is 0 Å². The van der Waals surface area contributed by atoms with Crippen molar-refractivity contribution < 1.29 is 14.3 Å². The van der Waals surface area contributed by atoms with Crippen molar-refractivity contribution in [2.45, 2.75) is 47.1 Å². The average molecular weight is 449 g/mol. The summed E-state index contributed by atoms with van der Waals surface area (Å²) in [7, 11) is 0. The third-order valence-electron chi connectivity index (χ3n) is 5.64. The van der Waals surface area contributed by atoms with Crippen molar-refractivity contribution in [2.75, 3.05) is 11.9 Å². The quantitative estimate of drug-likeness (QED) is 0.589. The second kappa shape index (κ2) is 9.01. The summed E-state index contributed by atoms with van der Waals surface area (Å²) in [4.78, 5) is 35.0. The highest BCUT2D eigenvalue weighted by Gasteiger charge is 2.41. The maximum Gasteiger partial charge on any atom is 0.329 e. The standard InChI is InChI=1S/C24H28N6O3/c1-5-11-29-15-17(14-26-29)19-13-18(8-10-25-19)33-20-6-7-21(27-16(20)2)28-23(32)30-12-9-24(3,4)22(30)31/h6-8,10,13-15H,5,9,11-12H2,1-4H3,(H,27,28,32). The van der Waals surface area contributed by atoms with Crippen molar-refractivity contribution in [1.29, 1.82) is 0 Å². The number of nitrogens with one attached hydrogen (secondary N) is 1. The zero-order valence-electron chi connectivity index (χ0n) is 19.3. The van der Waals surface area contributed by atoms with Crippen LogP contribution in [0.2, 0.25) is 0 Å². The number of carbonyl (C=O) groups is 2. The van der Waals surface area contributed by atoms with Crippen molar-refractivity contribution >= 4 is 17.8 Å². The molecule has 3 aromatic heterocycles. The van der Waals surface area contributed by atoms with E-state index in [2.05, 4.69) is 27.3 Å². The zero-order valence-corrected chi connectivity index (χ0v) is 19.3. The first-order valence-electron chi connectivity index (χ1n) is 11.0. The van der Waals surface area contributed by atoms with Gasteiger partial charge in [-0.15, -0.1) is 0 Å². The third-order valence-corrected chi connectivity index (χ3v) is 5.64. The number of imide groups is 1. The van der Waals surface area contributed by atoms with Gasteiger partial charge in [-0.2, -0.15) is 5.10 Å². The summed E-state index contributed by atoms with van der Waals surface area (Å²) >= 11 is 0. The summed E-state index contributed by atoms with van der Waals surface area (Å²) in [6, 6.07) is 6.56. The van der Waals surface area contributed by atoms with Crippen LogP contribution < -0.4 is 10.1 Å². The molecule has 9 nitrogen and oxygen atoms in total. The number of hydrogen-bond donors (Lipinski definition) is 1. The van der Waals surface area contributed by atoms with E-state index < -0.39 is 11.4 Å². The van der Waals surface area contributed by atoms with Crippen molar-refractivity contribution in [3.05, 3.63) is 48.5 Å². The molecule has 0 unspecified atom stereocenters. The summed E-state index contributed by atoms with van der Waals surface area (Å²) in [6.45, 7) is 8.85. The lowest BCUT2D eigenvalue weighted by atomic mass is 9.92. The van der Waals surface area contributed by atoms with Gasteiger partial charge in [-0.3, -0.25) is 24.7 Å². The molecule has 4 rings (SSSR count). The summed E-state index contributed by atoms with van der Waals surface area (Å²) < 4.78 is 7.91. The van der Waals surface area contributed by atoms with E-state index >= 15 is 0 Å². The molecule has 0 atom stereocenters. The number of pyridine rings is 2. The van der Waals surface area contributed by atoms with Crippen LogP contribution in [0.15, 0.2) is 42.9 Å². The van der Waals surface area contributed by atoms with Gasteiger partial charge in [0.05, 0.1) is 17.6 Å². The lowest BCUT2D eigenvalue weighted by Crippen LogP contribution is -2.39. The molecule has 33 heavy (non-hydrogen) atoms. The second-order valence-corrected chi connectivity index (χ2v) is 8.77. The fourth-order valence-electron chi connectivity index (χ4n) is 3.67. The van der Waals surface area contributed by atoms with Crippen molar-refractivity contribution in [3.63, 3.8) is 0 Å². The van der Waals surface area contributed by atoms with E-state index in [9.17, 15) is 9.59 Å². The summed E-state index contributed by atoms with van der Waals surface area (Å²) in [5.41, 5.74) is 1.77. The van der Waals surface area contributed by atoms with Gasteiger partial charge in [0.1, 0.15) is 17.3 Å².